The molecule has 2 rings (SSSR count). The van der Waals surface area contributed by atoms with E-state index in [1.54, 1.807) is 12.4 Å². The first-order chi connectivity index (χ1) is 9.67. The number of hydrogen-bond donors (Lipinski definition) is 1. The summed E-state index contributed by atoms with van der Waals surface area (Å²) in [6.45, 7) is 5.05. The minimum Gasteiger partial charge on any atom is -0.339 e. The van der Waals surface area contributed by atoms with Crippen molar-refractivity contribution in [3.05, 3.63) is 41.8 Å². The summed E-state index contributed by atoms with van der Waals surface area (Å²) in [5.74, 6) is 2.43. The molecule has 0 radical (unpaired) electrons. The third-order valence-corrected chi connectivity index (χ3v) is 3.22. The Morgan fingerprint density at radius 3 is 2.65 bits per heavy atom. The summed E-state index contributed by atoms with van der Waals surface area (Å²) in [4.78, 5) is 8.44. The van der Waals surface area contributed by atoms with Gasteiger partial charge in [-0.15, -0.1) is 0 Å². The van der Waals surface area contributed by atoms with Crippen LogP contribution in [0.15, 0.2) is 29.0 Å². The van der Waals surface area contributed by atoms with Gasteiger partial charge in [-0.3, -0.25) is 4.98 Å². The second-order valence-electron chi connectivity index (χ2n) is 5.57. The van der Waals surface area contributed by atoms with Crippen molar-refractivity contribution in [3.8, 4) is 0 Å². The minimum absolute atomic E-state index is 0.407. The van der Waals surface area contributed by atoms with Crippen LogP contribution in [0.2, 0.25) is 0 Å². The van der Waals surface area contributed by atoms with Gasteiger partial charge in [0, 0.05) is 25.2 Å². The monoisotopic (exact) mass is 274 g/mol. The Morgan fingerprint density at radius 1 is 1.25 bits per heavy atom. The zero-order valence-electron chi connectivity index (χ0n) is 12.1. The maximum absolute atomic E-state index is 5.80. The molecule has 0 aliphatic carbocycles. The molecule has 1 unspecified atom stereocenters. The molecule has 5 heteroatoms. The normalized spacial score (nSPS) is 12.8. The molecule has 0 bridgehead atoms. The summed E-state index contributed by atoms with van der Waals surface area (Å²) >= 11 is 0. The summed E-state index contributed by atoms with van der Waals surface area (Å²) in [6, 6.07) is 3.91. The second kappa shape index (κ2) is 7.14. The molecular formula is C15H22N4O. The highest BCUT2D eigenvalue weighted by Crippen LogP contribution is 2.16. The van der Waals surface area contributed by atoms with Gasteiger partial charge >= 0.3 is 0 Å². The number of rotatable bonds is 7. The molecule has 0 aliphatic rings. The lowest BCUT2D eigenvalue weighted by molar-refractivity contribution is 0.329. The van der Waals surface area contributed by atoms with Gasteiger partial charge in [0.05, 0.1) is 0 Å². The van der Waals surface area contributed by atoms with Gasteiger partial charge in [-0.1, -0.05) is 19.0 Å². The molecule has 2 aromatic heterocycles. The van der Waals surface area contributed by atoms with E-state index in [9.17, 15) is 0 Å². The highest BCUT2D eigenvalue weighted by Gasteiger charge is 2.15. The van der Waals surface area contributed by atoms with Crippen molar-refractivity contribution in [1.82, 2.24) is 15.1 Å². The number of nitrogens with zero attached hydrogens (tertiary/aromatic N) is 3. The molecule has 0 amide bonds. The zero-order valence-corrected chi connectivity index (χ0v) is 12.1. The fourth-order valence-electron chi connectivity index (χ4n) is 2.30. The molecule has 2 heterocycles. The van der Waals surface area contributed by atoms with Crippen LogP contribution in [-0.4, -0.2) is 21.7 Å². The first-order valence-electron chi connectivity index (χ1n) is 7.07. The molecular weight excluding hydrogens is 252 g/mol. The number of aromatic nitrogens is 3. The minimum atomic E-state index is 0.407. The molecule has 0 fully saturated rings. The molecule has 0 aliphatic heterocycles. The van der Waals surface area contributed by atoms with Crippen LogP contribution in [-0.2, 0) is 12.8 Å². The van der Waals surface area contributed by atoms with Gasteiger partial charge in [0.1, 0.15) is 0 Å². The largest absolute Gasteiger partial charge is 0.339 e. The van der Waals surface area contributed by atoms with Crippen molar-refractivity contribution in [1.29, 1.82) is 0 Å². The first-order valence-corrected chi connectivity index (χ1v) is 7.07. The zero-order chi connectivity index (χ0) is 14.4. The predicted molar refractivity (Wildman–Crippen MR) is 77.0 cm³/mol. The fourth-order valence-corrected chi connectivity index (χ4v) is 2.30. The molecule has 5 nitrogen and oxygen atoms in total. The van der Waals surface area contributed by atoms with E-state index in [2.05, 4.69) is 29.0 Å². The summed E-state index contributed by atoms with van der Waals surface area (Å²) in [5, 5.41) is 4.03. The van der Waals surface area contributed by atoms with E-state index in [0.717, 1.165) is 18.4 Å². The maximum Gasteiger partial charge on any atom is 0.226 e. The molecule has 1 atom stereocenters. The fraction of sp³-hybridized carbons (Fsp3) is 0.533. The Bertz CT molecular complexity index is 510. The third kappa shape index (κ3) is 4.42. The molecule has 0 spiro atoms. The van der Waals surface area contributed by atoms with Crippen molar-refractivity contribution in [2.75, 3.05) is 6.54 Å². The van der Waals surface area contributed by atoms with Crippen LogP contribution in [0, 0.1) is 11.8 Å². The van der Waals surface area contributed by atoms with E-state index >= 15 is 0 Å². The number of hydrogen-bond acceptors (Lipinski definition) is 5. The van der Waals surface area contributed by atoms with Gasteiger partial charge < -0.3 is 10.3 Å². The molecule has 2 aromatic rings. The van der Waals surface area contributed by atoms with Crippen LogP contribution in [0.25, 0.3) is 0 Å². The Morgan fingerprint density at radius 2 is 2.00 bits per heavy atom. The van der Waals surface area contributed by atoms with E-state index < -0.39 is 0 Å². The van der Waals surface area contributed by atoms with Crippen molar-refractivity contribution < 1.29 is 4.52 Å². The second-order valence-corrected chi connectivity index (χ2v) is 5.57. The quantitative estimate of drug-likeness (QED) is 0.837. The van der Waals surface area contributed by atoms with Gasteiger partial charge in [-0.2, -0.15) is 4.98 Å². The standard InChI is InChI=1S/C15H22N4O/c1-11(2)7-13(10-16)9-15-18-14(19-20-15)8-12-3-5-17-6-4-12/h3-6,11,13H,7-10,16H2,1-2H3. The third-order valence-electron chi connectivity index (χ3n) is 3.22. The Kier molecular flexibility index (Phi) is 5.24. The van der Waals surface area contributed by atoms with E-state index in [-0.39, 0.29) is 0 Å². The SMILES string of the molecule is CC(C)CC(CN)Cc1nc(Cc2ccncc2)no1. The van der Waals surface area contributed by atoms with E-state index in [1.807, 2.05) is 12.1 Å². The van der Waals surface area contributed by atoms with Crippen LogP contribution < -0.4 is 5.73 Å². The lowest BCUT2D eigenvalue weighted by Crippen LogP contribution is -2.19. The number of pyridine rings is 1. The van der Waals surface area contributed by atoms with Crippen molar-refractivity contribution in [2.45, 2.75) is 33.1 Å². The predicted octanol–water partition coefficient (Wildman–Crippen LogP) is 2.22. The Labute approximate surface area is 119 Å². The van der Waals surface area contributed by atoms with Gasteiger partial charge in [-0.05, 0) is 42.5 Å². The molecule has 108 valence electrons. The average Bonchev–Trinajstić information content (AvgIpc) is 2.86. The van der Waals surface area contributed by atoms with E-state index in [4.69, 9.17) is 10.3 Å². The molecule has 0 aromatic carbocycles. The molecule has 0 saturated heterocycles. The summed E-state index contributed by atoms with van der Waals surface area (Å²) in [6.07, 6.45) is 6.05. The van der Waals surface area contributed by atoms with Crippen molar-refractivity contribution >= 4 is 0 Å². The van der Waals surface area contributed by atoms with E-state index in [0.29, 0.717) is 36.5 Å². The molecule has 20 heavy (non-hydrogen) atoms. The Hall–Kier alpha value is -1.75. The first kappa shape index (κ1) is 14.7. The van der Waals surface area contributed by atoms with Crippen LogP contribution in [0.5, 0.6) is 0 Å². The van der Waals surface area contributed by atoms with Crippen molar-refractivity contribution in [2.24, 2.45) is 17.6 Å². The van der Waals surface area contributed by atoms with Crippen LogP contribution in [0.1, 0.15) is 37.5 Å². The highest BCUT2D eigenvalue weighted by molar-refractivity contribution is 5.14. The lowest BCUT2D eigenvalue weighted by Gasteiger charge is -2.14. The number of nitrogens with two attached hydrogens (primary N) is 1. The summed E-state index contributed by atoms with van der Waals surface area (Å²) < 4.78 is 5.32. The average molecular weight is 274 g/mol. The van der Waals surface area contributed by atoms with Gasteiger partial charge in [0.2, 0.25) is 5.89 Å². The van der Waals surface area contributed by atoms with E-state index in [1.165, 1.54) is 0 Å². The smallest absolute Gasteiger partial charge is 0.226 e. The van der Waals surface area contributed by atoms with Gasteiger partial charge in [0.25, 0.3) is 0 Å². The van der Waals surface area contributed by atoms with Crippen molar-refractivity contribution in [3.63, 3.8) is 0 Å². The van der Waals surface area contributed by atoms with Gasteiger partial charge in [0.15, 0.2) is 5.82 Å². The van der Waals surface area contributed by atoms with Crippen LogP contribution in [0.3, 0.4) is 0 Å². The maximum atomic E-state index is 5.80. The van der Waals surface area contributed by atoms with Crippen LogP contribution in [0.4, 0.5) is 0 Å². The van der Waals surface area contributed by atoms with Crippen LogP contribution >= 0.6 is 0 Å². The highest BCUT2D eigenvalue weighted by atomic mass is 16.5. The Balaban J connectivity index is 1.95. The summed E-state index contributed by atoms with van der Waals surface area (Å²) in [7, 11) is 0. The topological polar surface area (TPSA) is 77.8 Å². The molecule has 2 N–H and O–H groups in total. The lowest BCUT2D eigenvalue weighted by atomic mass is 9.94. The summed E-state index contributed by atoms with van der Waals surface area (Å²) in [5.41, 5.74) is 6.93. The molecule has 0 saturated carbocycles. The van der Waals surface area contributed by atoms with Gasteiger partial charge in [-0.25, -0.2) is 0 Å².